The van der Waals surface area contributed by atoms with E-state index in [0.29, 0.717) is 22.8 Å². The molecule has 166 valence electrons. The van der Waals surface area contributed by atoms with Gasteiger partial charge in [0.15, 0.2) is 15.0 Å². The quantitative estimate of drug-likeness (QED) is 0.523. The molecule has 0 aliphatic heterocycles. The summed E-state index contributed by atoms with van der Waals surface area (Å²) in [7, 11) is -1.92. The molecule has 9 heteroatoms. The monoisotopic (exact) mass is 470 g/mol. The van der Waals surface area contributed by atoms with Crippen molar-refractivity contribution in [2.45, 2.75) is 18.2 Å². The number of nitrogens with one attached hydrogen (secondary N) is 1. The summed E-state index contributed by atoms with van der Waals surface area (Å²) in [6.45, 7) is 1.42. The van der Waals surface area contributed by atoms with Crippen LogP contribution in [0.1, 0.15) is 39.0 Å². The largest absolute Gasteiger partial charge is 0.465 e. The standard InChI is InChI=1S/C23H22N2O5S2/c1-15(26)24-23-25-20(13-8-16-4-9-18(10-5-16)22(27)30-2)21(31-23)14-17-6-11-19(12-7-17)32(3,28)29/h4-13H,14H2,1-3H3,(H,24,25,26). The Labute approximate surface area is 190 Å². The SMILES string of the molecule is COC(=O)c1ccc(C=Cc2nc(NC(C)=O)sc2Cc2ccc(S(C)(=O)=O)cc2)cc1. The Morgan fingerprint density at radius 2 is 1.72 bits per heavy atom. The fourth-order valence-electron chi connectivity index (χ4n) is 2.89. The van der Waals surface area contributed by atoms with E-state index in [0.717, 1.165) is 16.0 Å². The lowest BCUT2D eigenvalue weighted by Gasteiger charge is -2.03. The summed E-state index contributed by atoms with van der Waals surface area (Å²) in [5.74, 6) is -0.610. The van der Waals surface area contributed by atoms with Crippen LogP contribution in [0.2, 0.25) is 0 Å². The van der Waals surface area contributed by atoms with Crippen LogP contribution in [0, 0.1) is 0 Å². The lowest BCUT2D eigenvalue weighted by atomic mass is 10.1. The number of thiazole rings is 1. The van der Waals surface area contributed by atoms with Gasteiger partial charge in [0.25, 0.3) is 0 Å². The number of ether oxygens (including phenoxy) is 1. The number of amides is 1. The number of anilines is 1. The van der Waals surface area contributed by atoms with Gasteiger partial charge >= 0.3 is 5.97 Å². The first kappa shape index (κ1) is 23.4. The van der Waals surface area contributed by atoms with Gasteiger partial charge in [0.2, 0.25) is 5.91 Å². The molecule has 3 rings (SSSR count). The van der Waals surface area contributed by atoms with Gasteiger partial charge in [-0.25, -0.2) is 18.2 Å². The summed E-state index contributed by atoms with van der Waals surface area (Å²) in [5, 5.41) is 3.20. The molecule has 32 heavy (non-hydrogen) atoms. The highest BCUT2D eigenvalue weighted by Crippen LogP contribution is 2.28. The maximum atomic E-state index is 11.7. The third kappa shape index (κ3) is 6.12. The van der Waals surface area contributed by atoms with Crippen LogP contribution in [-0.2, 0) is 25.8 Å². The van der Waals surface area contributed by atoms with E-state index in [9.17, 15) is 18.0 Å². The van der Waals surface area contributed by atoms with Crippen LogP contribution < -0.4 is 5.32 Å². The predicted molar refractivity (Wildman–Crippen MR) is 125 cm³/mol. The minimum absolute atomic E-state index is 0.211. The average Bonchev–Trinajstić information content (AvgIpc) is 3.12. The number of hydrogen-bond acceptors (Lipinski definition) is 7. The van der Waals surface area contributed by atoms with E-state index in [1.807, 2.05) is 12.2 Å². The topological polar surface area (TPSA) is 102 Å². The van der Waals surface area contributed by atoms with E-state index in [2.05, 4.69) is 10.3 Å². The molecule has 0 radical (unpaired) electrons. The molecule has 1 aromatic heterocycles. The van der Waals surface area contributed by atoms with Crippen LogP contribution in [0.25, 0.3) is 12.2 Å². The second-order valence-electron chi connectivity index (χ2n) is 7.05. The molecule has 1 amide bonds. The van der Waals surface area contributed by atoms with E-state index < -0.39 is 15.8 Å². The van der Waals surface area contributed by atoms with Crippen molar-refractivity contribution in [2.75, 3.05) is 18.7 Å². The highest BCUT2D eigenvalue weighted by Gasteiger charge is 2.12. The number of sulfone groups is 1. The third-order valence-corrected chi connectivity index (χ3v) is 6.61. The lowest BCUT2D eigenvalue weighted by molar-refractivity contribution is -0.114. The third-order valence-electron chi connectivity index (χ3n) is 4.49. The van der Waals surface area contributed by atoms with E-state index in [-0.39, 0.29) is 10.8 Å². The molecular formula is C23H22N2O5S2. The molecule has 1 heterocycles. The van der Waals surface area contributed by atoms with Crippen molar-refractivity contribution in [3.8, 4) is 0 Å². The highest BCUT2D eigenvalue weighted by atomic mass is 32.2. The predicted octanol–water partition coefficient (Wildman–Crippen LogP) is 4.05. The molecule has 2 aromatic carbocycles. The first-order valence-corrected chi connectivity index (χ1v) is 12.3. The maximum absolute atomic E-state index is 11.7. The van der Waals surface area contributed by atoms with Gasteiger partial charge in [-0.15, -0.1) is 11.3 Å². The number of carbonyl (C=O) groups is 2. The fraction of sp³-hybridized carbons (Fsp3) is 0.174. The number of hydrogen-bond donors (Lipinski definition) is 1. The van der Waals surface area contributed by atoms with Crippen LogP contribution >= 0.6 is 11.3 Å². The molecule has 0 unspecified atom stereocenters. The van der Waals surface area contributed by atoms with Crippen molar-refractivity contribution in [1.29, 1.82) is 0 Å². The Morgan fingerprint density at radius 1 is 1.06 bits per heavy atom. The van der Waals surface area contributed by atoms with Gasteiger partial charge in [-0.1, -0.05) is 30.3 Å². The summed E-state index contributed by atoms with van der Waals surface area (Å²) in [6, 6.07) is 13.7. The number of carbonyl (C=O) groups excluding carboxylic acids is 2. The normalized spacial score (nSPS) is 11.5. The zero-order valence-electron chi connectivity index (χ0n) is 17.8. The molecule has 0 aliphatic rings. The molecule has 0 bridgehead atoms. The minimum Gasteiger partial charge on any atom is -0.465 e. The first-order chi connectivity index (χ1) is 15.2. The van der Waals surface area contributed by atoms with Crippen molar-refractivity contribution < 1.29 is 22.7 Å². The summed E-state index contributed by atoms with van der Waals surface area (Å²) in [5.41, 5.74) is 2.95. The van der Waals surface area contributed by atoms with Gasteiger partial charge in [-0.3, -0.25) is 4.79 Å². The van der Waals surface area contributed by atoms with Gasteiger partial charge in [-0.05, 0) is 41.5 Å². The summed E-state index contributed by atoms with van der Waals surface area (Å²) >= 11 is 1.36. The molecule has 3 aromatic rings. The summed E-state index contributed by atoms with van der Waals surface area (Å²) in [4.78, 5) is 28.7. The fourth-order valence-corrected chi connectivity index (χ4v) is 4.55. The number of aromatic nitrogens is 1. The first-order valence-electron chi connectivity index (χ1n) is 9.58. The van der Waals surface area contributed by atoms with Gasteiger partial charge < -0.3 is 10.1 Å². The van der Waals surface area contributed by atoms with Crippen molar-refractivity contribution in [1.82, 2.24) is 4.98 Å². The smallest absolute Gasteiger partial charge is 0.337 e. The number of rotatable bonds is 7. The van der Waals surface area contributed by atoms with Gasteiger partial charge in [0, 0.05) is 24.5 Å². The average molecular weight is 471 g/mol. The van der Waals surface area contributed by atoms with Crippen molar-refractivity contribution >= 4 is 50.3 Å². The minimum atomic E-state index is -3.26. The van der Waals surface area contributed by atoms with Gasteiger partial charge in [-0.2, -0.15) is 0 Å². The van der Waals surface area contributed by atoms with Crippen LogP contribution in [0.15, 0.2) is 53.4 Å². The number of methoxy groups -OCH3 is 1. The Bertz CT molecular complexity index is 1260. The van der Waals surface area contributed by atoms with E-state index in [4.69, 9.17) is 4.74 Å². The molecule has 0 saturated heterocycles. The van der Waals surface area contributed by atoms with E-state index >= 15 is 0 Å². The van der Waals surface area contributed by atoms with Gasteiger partial charge in [0.1, 0.15) is 0 Å². The molecule has 7 nitrogen and oxygen atoms in total. The zero-order chi connectivity index (χ0) is 23.3. The Kier molecular flexibility index (Phi) is 7.22. The number of nitrogens with zero attached hydrogens (tertiary/aromatic N) is 1. The van der Waals surface area contributed by atoms with Crippen LogP contribution in [0.5, 0.6) is 0 Å². The molecule has 0 saturated carbocycles. The second-order valence-corrected chi connectivity index (χ2v) is 10.1. The molecule has 0 fully saturated rings. The van der Waals surface area contributed by atoms with Crippen LogP contribution in [0.3, 0.4) is 0 Å². The second kappa shape index (κ2) is 9.88. The Balaban J connectivity index is 1.86. The molecular weight excluding hydrogens is 448 g/mol. The Hall–Kier alpha value is -3.30. The molecule has 1 N–H and O–H groups in total. The molecule has 0 aliphatic carbocycles. The van der Waals surface area contributed by atoms with Crippen molar-refractivity contribution in [3.05, 3.63) is 75.8 Å². The van der Waals surface area contributed by atoms with Crippen LogP contribution in [0.4, 0.5) is 5.13 Å². The number of benzene rings is 2. The van der Waals surface area contributed by atoms with Crippen molar-refractivity contribution in [3.63, 3.8) is 0 Å². The van der Waals surface area contributed by atoms with E-state index in [1.54, 1.807) is 48.5 Å². The lowest BCUT2D eigenvalue weighted by Crippen LogP contribution is -2.04. The molecule has 0 atom stereocenters. The van der Waals surface area contributed by atoms with Crippen LogP contribution in [-0.4, -0.2) is 38.6 Å². The maximum Gasteiger partial charge on any atom is 0.337 e. The van der Waals surface area contributed by atoms with Gasteiger partial charge in [0.05, 0.1) is 23.3 Å². The molecule has 0 spiro atoms. The number of esters is 1. The Morgan fingerprint density at radius 3 is 2.28 bits per heavy atom. The zero-order valence-corrected chi connectivity index (χ0v) is 19.4. The summed E-state index contributed by atoms with van der Waals surface area (Å²) < 4.78 is 28.1. The van der Waals surface area contributed by atoms with E-state index in [1.165, 1.54) is 31.6 Å². The van der Waals surface area contributed by atoms with Crippen molar-refractivity contribution in [2.24, 2.45) is 0 Å². The highest BCUT2D eigenvalue weighted by molar-refractivity contribution is 7.90. The summed E-state index contributed by atoms with van der Waals surface area (Å²) in [6.07, 6.45) is 5.41.